The van der Waals surface area contributed by atoms with Crippen LogP contribution in [0.5, 0.6) is 0 Å². The van der Waals surface area contributed by atoms with E-state index < -0.39 is 5.82 Å². The summed E-state index contributed by atoms with van der Waals surface area (Å²) in [5.41, 5.74) is 0.352. The van der Waals surface area contributed by atoms with E-state index >= 15 is 0 Å². The maximum absolute atomic E-state index is 13.2. The highest BCUT2D eigenvalue weighted by molar-refractivity contribution is 5.95. The summed E-state index contributed by atoms with van der Waals surface area (Å²) in [4.78, 5) is 28.0. The van der Waals surface area contributed by atoms with Gasteiger partial charge in [-0.25, -0.2) is 4.39 Å². The normalized spacial score (nSPS) is 15.6. The summed E-state index contributed by atoms with van der Waals surface area (Å²) in [6.07, 6.45) is 1.48. The van der Waals surface area contributed by atoms with E-state index in [4.69, 9.17) is 4.42 Å². The van der Waals surface area contributed by atoms with E-state index in [-0.39, 0.29) is 18.2 Å². The molecule has 1 fully saturated rings. The maximum atomic E-state index is 13.2. The minimum Gasteiger partial charge on any atom is -0.461 e. The molecule has 0 spiro atoms. The van der Waals surface area contributed by atoms with Crippen molar-refractivity contribution < 1.29 is 18.4 Å². The molecule has 1 amide bonds. The zero-order valence-corrected chi connectivity index (χ0v) is 12.6. The van der Waals surface area contributed by atoms with E-state index in [0.29, 0.717) is 37.5 Å². The van der Waals surface area contributed by atoms with Gasteiger partial charge in [0, 0.05) is 31.7 Å². The molecule has 3 rings (SSSR count). The quantitative estimate of drug-likeness (QED) is 0.810. The highest BCUT2D eigenvalue weighted by atomic mass is 19.1. The monoisotopic (exact) mass is 316 g/mol. The zero-order chi connectivity index (χ0) is 16.2. The molecule has 0 saturated carbocycles. The Bertz CT molecular complexity index is 692. The highest BCUT2D eigenvalue weighted by Crippen LogP contribution is 2.11. The molecule has 1 saturated heterocycles. The van der Waals surface area contributed by atoms with Crippen LogP contribution >= 0.6 is 0 Å². The Morgan fingerprint density at radius 1 is 1.09 bits per heavy atom. The van der Waals surface area contributed by atoms with E-state index in [2.05, 4.69) is 0 Å². The Morgan fingerprint density at radius 3 is 2.52 bits per heavy atom. The second kappa shape index (κ2) is 6.75. The third-order valence-corrected chi connectivity index (χ3v) is 3.89. The van der Waals surface area contributed by atoms with Crippen molar-refractivity contribution in [1.29, 1.82) is 0 Å². The molecule has 0 aliphatic carbocycles. The number of hydrogen-bond donors (Lipinski definition) is 0. The van der Waals surface area contributed by atoms with Crippen molar-refractivity contribution in [2.45, 2.75) is 0 Å². The lowest BCUT2D eigenvalue weighted by atomic mass is 10.1. The summed E-state index contributed by atoms with van der Waals surface area (Å²) in [7, 11) is 0. The van der Waals surface area contributed by atoms with E-state index in [1.807, 2.05) is 4.90 Å². The Morgan fingerprint density at radius 2 is 1.87 bits per heavy atom. The van der Waals surface area contributed by atoms with Crippen molar-refractivity contribution >= 4 is 11.7 Å². The number of piperazine rings is 1. The second-order valence-electron chi connectivity index (χ2n) is 5.48. The van der Waals surface area contributed by atoms with Crippen LogP contribution in [0.25, 0.3) is 0 Å². The Labute approximate surface area is 133 Å². The molecule has 0 N–H and O–H groups in total. The lowest BCUT2D eigenvalue weighted by molar-refractivity contribution is 0.0620. The SMILES string of the molecule is O=C(CN1CCN(C(=O)c2cccc(F)c2)CC1)c1ccco1. The number of rotatable bonds is 4. The molecule has 23 heavy (non-hydrogen) atoms. The molecular formula is C17H17FN2O3. The van der Waals surface area contributed by atoms with Gasteiger partial charge in [-0.2, -0.15) is 0 Å². The molecule has 120 valence electrons. The van der Waals surface area contributed by atoms with Crippen LogP contribution in [0.3, 0.4) is 0 Å². The molecule has 0 radical (unpaired) electrons. The number of ketones is 1. The van der Waals surface area contributed by atoms with Crippen LogP contribution in [0.1, 0.15) is 20.9 Å². The number of carbonyl (C=O) groups excluding carboxylic acids is 2. The molecular weight excluding hydrogens is 299 g/mol. The molecule has 2 heterocycles. The van der Waals surface area contributed by atoms with Gasteiger partial charge in [-0.3, -0.25) is 14.5 Å². The fourth-order valence-electron chi connectivity index (χ4n) is 2.63. The number of carbonyl (C=O) groups is 2. The fraction of sp³-hybridized carbons (Fsp3) is 0.294. The van der Waals surface area contributed by atoms with Gasteiger partial charge in [0.1, 0.15) is 5.82 Å². The van der Waals surface area contributed by atoms with Crippen molar-refractivity contribution in [3.63, 3.8) is 0 Å². The van der Waals surface area contributed by atoms with Gasteiger partial charge >= 0.3 is 0 Å². The summed E-state index contributed by atoms with van der Waals surface area (Å²) >= 11 is 0. The third kappa shape index (κ3) is 3.65. The minimum atomic E-state index is -0.418. The summed E-state index contributed by atoms with van der Waals surface area (Å²) in [6.45, 7) is 2.51. The zero-order valence-electron chi connectivity index (χ0n) is 12.6. The smallest absolute Gasteiger partial charge is 0.254 e. The van der Waals surface area contributed by atoms with Gasteiger partial charge in [-0.15, -0.1) is 0 Å². The van der Waals surface area contributed by atoms with Crippen molar-refractivity contribution in [2.24, 2.45) is 0 Å². The average Bonchev–Trinajstić information content (AvgIpc) is 3.09. The van der Waals surface area contributed by atoms with Gasteiger partial charge in [0.2, 0.25) is 5.78 Å². The average molecular weight is 316 g/mol. The molecule has 1 aromatic heterocycles. The standard InChI is InChI=1S/C17H17FN2O3/c18-14-4-1-3-13(11-14)17(22)20-8-6-19(7-9-20)12-15(21)16-5-2-10-23-16/h1-5,10-11H,6-9,12H2. The predicted molar refractivity (Wildman–Crippen MR) is 81.8 cm³/mol. The number of Topliss-reactive ketones (excluding diaryl/α,β-unsaturated/α-hetero) is 1. The Balaban J connectivity index is 1.54. The van der Waals surface area contributed by atoms with Crippen LogP contribution in [0.4, 0.5) is 4.39 Å². The molecule has 0 unspecified atom stereocenters. The van der Waals surface area contributed by atoms with E-state index in [9.17, 15) is 14.0 Å². The van der Waals surface area contributed by atoms with E-state index in [0.717, 1.165) is 0 Å². The van der Waals surface area contributed by atoms with Gasteiger partial charge in [-0.05, 0) is 30.3 Å². The molecule has 2 aromatic rings. The first-order valence-corrected chi connectivity index (χ1v) is 7.47. The number of halogens is 1. The van der Waals surface area contributed by atoms with Crippen LogP contribution < -0.4 is 0 Å². The first-order chi connectivity index (χ1) is 11.1. The van der Waals surface area contributed by atoms with Gasteiger partial charge in [0.05, 0.1) is 12.8 Å². The summed E-state index contributed by atoms with van der Waals surface area (Å²) < 4.78 is 18.3. The molecule has 1 aliphatic heterocycles. The van der Waals surface area contributed by atoms with Crippen molar-refractivity contribution in [3.05, 3.63) is 59.8 Å². The summed E-state index contributed by atoms with van der Waals surface area (Å²) in [5.74, 6) is -0.316. The number of hydrogen-bond acceptors (Lipinski definition) is 4. The minimum absolute atomic E-state index is 0.0695. The molecule has 5 nitrogen and oxygen atoms in total. The molecule has 1 aliphatic rings. The Kier molecular flexibility index (Phi) is 4.52. The van der Waals surface area contributed by atoms with Crippen molar-refractivity contribution in [3.8, 4) is 0 Å². The van der Waals surface area contributed by atoms with Crippen LogP contribution in [0.15, 0.2) is 47.1 Å². The Hall–Kier alpha value is -2.47. The van der Waals surface area contributed by atoms with Gasteiger partial charge in [-0.1, -0.05) is 6.07 Å². The number of furan rings is 1. The lowest BCUT2D eigenvalue weighted by Gasteiger charge is -2.34. The van der Waals surface area contributed by atoms with Gasteiger partial charge in [0.15, 0.2) is 5.76 Å². The molecule has 1 aromatic carbocycles. The topological polar surface area (TPSA) is 53.8 Å². The highest BCUT2D eigenvalue weighted by Gasteiger charge is 2.24. The first-order valence-electron chi connectivity index (χ1n) is 7.47. The van der Waals surface area contributed by atoms with Gasteiger partial charge < -0.3 is 9.32 Å². The largest absolute Gasteiger partial charge is 0.461 e. The fourth-order valence-corrected chi connectivity index (χ4v) is 2.63. The number of nitrogens with zero attached hydrogens (tertiary/aromatic N) is 2. The molecule has 6 heteroatoms. The van der Waals surface area contributed by atoms with Crippen LogP contribution in [-0.4, -0.2) is 54.2 Å². The van der Waals surface area contributed by atoms with Crippen LogP contribution in [-0.2, 0) is 0 Å². The van der Waals surface area contributed by atoms with E-state index in [1.165, 1.54) is 24.5 Å². The summed E-state index contributed by atoms with van der Waals surface area (Å²) in [6, 6.07) is 9.03. The summed E-state index contributed by atoms with van der Waals surface area (Å²) in [5, 5.41) is 0. The van der Waals surface area contributed by atoms with Crippen LogP contribution in [0.2, 0.25) is 0 Å². The molecule has 0 bridgehead atoms. The number of amides is 1. The van der Waals surface area contributed by atoms with Crippen molar-refractivity contribution in [2.75, 3.05) is 32.7 Å². The molecule has 0 atom stereocenters. The second-order valence-corrected chi connectivity index (χ2v) is 5.48. The third-order valence-electron chi connectivity index (χ3n) is 3.89. The first kappa shape index (κ1) is 15.4. The maximum Gasteiger partial charge on any atom is 0.254 e. The lowest BCUT2D eigenvalue weighted by Crippen LogP contribution is -2.49. The predicted octanol–water partition coefficient (Wildman–Crippen LogP) is 2.06. The van der Waals surface area contributed by atoms with Gasteiger partial charge in [0.25, 0.3) is 5.91 Å². The van der Waals surface area contributed by atoms with E-state index in [1.54, 1.807) is 23.1 Å². The number of benzene rings is 1. The van der Waals surface area contributed by atoms with Crippen molar-refractivity contribution in [1.82, 2.24) is 9.80 Å². The van der Waals surface area contributed by atoms with Crippen LogP contribution in [0, 0.1) is 5.82 Å².